The van der Waals surface area contributed by atoms with Crippen molar-refractivity contribution in [2.45, 2.75) is 59.3 Å². The monoisotopic (exact) mass is 633 g/mol. The molecule has 4 aromatic rings. The molecule has 0 radical (unpaired) electrons. The Morgan fingerprint density at radius 1 is 1.04 bits per heavy atom. The van der Waals surface area contributed by atoms with Crippen molar-refractivity contribution in [3.05, 3.63) is 88.2 Å². The number of amides is 1. The number of nitrogens with one attached hydrogen (secondary N) is 1. The SMILES string of the molecule is CCN1CCN(Cc2ccc(CC(=O)N3Cc4cc(Oc5ccnc6[nH]c(C)cc56)ccc4C(C(C)C)C3)cc2C(F)(F)F)CC1. The summed E-state index contributed by atoms with van der Waals surface area (Å²) in [5.74, 6) is 1.52. The van der Waals surface area contributed by atoms with Gasteiger partial charge in [0.2, 0.25) is 5.91 Å². The summed E-state index contributed by atoms with van der Waals surface area (Å²) in [5.41, 5.74) is 3.89. The predicted molar refractivity (Wildman–Crippen MR) is 173 cm³/mol. The highest BCUT2D eigenvalue weighted by molar-refractivity contribution is 5.83. The number of carbonyl (C=O) groups is 1. The van der Waals surface area contributed by atoms with Gasteiger partial charge in [0.25, 0.3) is 0 Å². The molecule has 244 valence electrons. The highest BCUT2D eigenvalue weighted by atomic mass is 19.4. The third-order valence-corrected chi connectivity index (χ3v) is 9.45. The fraction of sp³-hybridized carbons (Fsp3) is 0.444. The molecule has 46 heavy (non-hydrogen) atoms. The van der Waals surface area contributed by atoms with Crippen LogP contribution >= 0.6 is 0 Å². The number of alkyl halides is 3. The van der Waals surface area contributed by atoms with E-state index in [9.17, 15) is 18.0 Å². The fourth-order valence-electron chi connectivity index (χ4n) is 6.79. The van der Waals surface area contributed by atoms with Crippen LogP contribution in [0.4, 0.5) is 13.2 Å². The Hall–Kier alpha value is -3.89. The first kappa shape index (κ1) is 32.1. The van der Waals surface area contributed by atoms with E-state index in [1.807, 2.05) is 31.2 Å². The Morgan fingerprint density at radius 3 is 2.52 bits per heavy atom. The van der Waals surface area contributed by atoms with Crippen LogP contribution < -0.4 is 4.74 Å². The molecule has 7 nitrogen and oxygen atoms in total. The number of aromatic amines is 1. The maximum absolute atomic E-state index is 14.2. The molecular weight excluding hydrogens is 591 g/mol. The molecule has 2 aliphatic rings. The molecule has 2 aromatic heterocycles. The van der Waals surface area contributed by atoms with E-state index in [0.717, 1.165) is 55.0 Å². The van der Waals surface area contributed by atoms with E-state index >= 15 is 0 Å². The molecule has 1 atom stereocenters. The lowest BCUT2D eigenvalue weighted by Gasteiger charge is -2.37. The van der Waals surface area contributed by atoms with E-state index in [1.54, 1.807) is 23.2 Å². The molecule has 2 aromatic carbocycles. The van der Waals surface area contributed by atoms with Gasteiger partial charge in [-0.3, -0.25) is 9.69 Å². The van der Waals surface area contributed by atoms with Crippen LogP contribution in [0.1, 0.15) is 60.2 Å². The molecule has 0 spiro atoms. The standard InChI is InChI=1S/C36H42F3N5O2/c1-5-42-12-14-43(15-13-42)20-26-7-6-25(17-32(26)36(37,38)39)18-34(45)44-21-27-19-28(8-9-29(27)31(22-44)23(2)3)46-33-10-11-40-35-30(33)16-24(4)41-35/h6-11,16-17,19,23,31H,5,12-15,18,20-22H2,1-4H3,(H,40,41). The second kappa shape index (κ2) is 13.1. The van der Waals surface area contributed by atoms with Gasteiger partial charge in [-0.25, -0.2) is 4.98 Å². The highest BCUT2D eigenvalue weighted by Crippen LogP contribution is 2.38. The van der Waals surface area contributed by atoms with Crippen LogP contribution in [-0.4, -0.2) is 69.8 Å². The van der Waals surface area contributed by atoms with Gasteiger partial charge in [0, 0.05) is 63.6 Å². The second-order valence-corrected chi connectivity index (χ2v) is 13.0. The predicted octanol–water partition coefficient (Wildman–Crippen LogP) is 7.14. The first-order chi connectivity index (χ1) is 22.0. The molecule has 1 fully saturated rings. The first-order valence-corrected chi connectivity index (χ1v) is 16.1. The fourth-order valence-corrected chi connectivity index (χ4v) is 6.79. The van der Waals surface area contributed by atoms with Crippen LogP contribution in [0.25, 0.3) is 11.0 Å². The third kappa shape index (κ3) is 6.93. The minimum Gasteiger partial charge on any atom is -0.457 e. The van der Waals surface area contributed by atoms with Crippen molar-refractivity contribution in [3.63, 3.8) is 0 Å². The minimum atomic E-state index is -4.50. The molecule has 0 saturated carbocycles. The van der Waals surface area contributed by atoms with E-state index in [2.05, 4.69) is 46.6 Å². The second-order valence-electron chi connectivity index (χ2n) is 13.0. The van der Waals surface area contributed by atoms with Crippen molar-refractivity contribution in [2.75, 3.05) is 39.3 Å². The summed E-state index contributed by atoms with van der Waals surface area (Å²) >= 11 is 0. The molecular formula is C36H42F3N5O2. The molecule has 6 rings (SSSR count). The molecule has 0 aliphatic carbocycles. The average molecular weight is 634 g/mol. The summed E-state index contributed by atoms with van der Waals surface area (Å²) < 4.78 is 49.0. The Bertz CT molecular complexity index is 1710. The number of fused-ring (bicyclic) bond motifs is 2. The van der Waals surface area contributed by atoms with Crippen LogP contribution in [0.15, 0.2) is 54.7 Å². The number of aryl methyl sites for hydroxylation is 1. The number of halogens is 3. The molecule has 2 aliphatic heterocycles. The van der Waals surface area contributed by atoms with Crippen LogP contribution in [0, 0.1) is 12.8 Å². The summed E-state index contributed by atoms with van der Waals surface area (Å²) in [6.45, 7) is 13.6. The average Bonchev–Trinajstić information content (AvgIpc) is 3.42. The first-order valence-electron chi connectivity index (χ1n) is 16.1. The van der Waals surface area contributed by atoms with Gasteiger partial charge in [0.15, 0.2) is 0 Å². The molecule has 10 heteroatoms. The molecule has 1 unspecified atom stereocenters. The van der Waals surface area contributed by atoms with Crippen molar-refractivity contribution in [3.8, 4) is 11.5 Å². The summed E-state index contributed by atoms with van der Waals surface area (Å²) in [7, 11) is 0. The van der Waals surface area contributed by atoms with Gasteiger partial charge in [0.05, 0.1) is 17.4 Å². The van der Waals surface area contributed by atoms with E-state index in [0.29, 0.717) is 30.2 Å². The van der Waals surface area contributed by atoms with Gasteiger partial charge in [-0.2, -0.15) is 13.2 Å². The van der Waals surface area contributed by atoms with Gasteiger partial charge < -0.3 is 19.5 Å². The largest absolute Gasteiger partial charge is 0.457 e. The molecule has 1 amide bonds. The van der Waals surface area contributed by atoms with Gasteiger partial charge >= 0.3 is 6.18 Å². The lowest BCUT2D eigenvalue weighted by Crippen LogP contribution is -2.45. The Kier molecular flexibility index (Phi) is 9.12. The molecule has 1 N–H and O–H groups in total. The molecule has 0 bridgehead atoms. The van der Waals surface area contributed by atoms with Gasteiger partial charge in [-0.15, -0.1) is 0 Å². The molecule has 1 saturated heterocycles. The number of ether oxygens (including phenoxy) is 1. The van der Waals surface area contributed by atoms with E-state index < -0.39 is 11.7 Å². The van der Waals surface area contributed by atoms with Crippen LogP contribution in [0.5, 0.6) is 11.5 Å². The zero-order chi connectivity index (χ0) is 32.6. The van der Waals surface area contributed by atoms with Crippen molar-refractivity contribution >= 4 is 16.9 Å². The lowest BCUT2D eigenvalue weighted by atomic mass is 9.82. The summed E-state index contributed by atoms with van der Waals surface area (Å²) in [6.07, 6.45) is -2.88. The number of benzene rings is 2. The minimum absolute atomic E-state index is 0.0866. The van der Waals surface area contributed by atoms with Crippen molar-refractivity contribution in [2.24, 2.45) is 5.92 Å². The topological polar surface area (TPSA) is 64.7 Å². The number of nitrogens with zero attached hydrogens (tertiary/aromatic N) is 4. The van der Waals surface area contributed by atoms with E-state index in [4.69, 9.17) is 4.74 Å². The summed E-state index contributed by atoms with van der Waals surface area (Å²) in [5, 5.41) is 0.887. The Morgan fingerprint density at radius 2 is 1.80 bits per heavy atom. The van der Waals surface area contributed by atoms with Gasteiger partial charge in [0.1, 0.15) is 17.1 Å². The number of pyridine rings is 1. The van der Waals surface area contributed by atoms with E-state index in [1.165, 1.54) is 11.6 Å². The maximum Gasteiger partial charge on any atom is 0.416 e. The molecule has 4 heterocycles. The maximum atomic E-state index is 14.2. The van der Waals surface area contributed by atoms with Crippen LogP contribution in [0.2, 0.25) is 0 Å². The van der Waals surface area contributed by atoms with Gasteiger partial charge in [-0.1, -0.05) is 39.0 Å². The zero-order valence-electron chi connectivity index (χ0n) is 27.0. The third-order valence-electron chi connectivity index (χ3n) is 9.45. The Balaban J connectivity index is 1.20. The highest BCUT2D eigenvalue weighted by Gasteiger charge is 2.35. The number of hydrogen-bond donors (Lipinski definition) is 1. The van der Waals surface area contributed by atoms with Crippen LogP contribution in [0.3, 0.4) is 0 Å². The quantitative estimate of drug-likeness (QED) is 0.224. The smallest absolute Gasteiger partial charge is 0.416 e. The van der Waals surface area contributed by atoms with Gasteiger partial charge in [-0.05, 0) is 72.0 Å². The number of piperazine rings is 1. The van der Waals surface area contributed by atoms with Crippen LogP contribution in [-0.2, 0) is 30.5 Å². The van der Waals surface area contributed by atoms with Crippen molar-refractivity contribution < 1.29 is 22.7 Å². The van der Waals surface area contributed by atoms with Crippen molar-refractivity contribution in [1.82, 2.24) is 24.7 Å². The van der Waals surface area contributed by atoms with Crippen molar-refractivity contribution in [1.29, 1.82) is 0 Å². The van der Waals surface area contributed by atoms with E-state index in [-0.39, 0.29) is 36.3 Å². The number of hydrogen-bond acceptors (Lipinski definition) is 5. The zero-order valence-corrected chi connectivity index (χ0v) is 27.0. The summed E-state index contributed by atoms with van der Waals surface area (Å²) in [6, 6.07) is 14.3. The lowest BCUT2D eigenvalue weighted by molar-refractivity contribution is -0.139. The number of rotatable bonds is 8. The number of carbonyl (C=O) groups excluding carboxylic acids is 1. The normalized spacial score (nSPS) is 17.9. The number of aromatic nitrogens is 2. The number of likely N-dealkylation sites (N-methyl/N-ethyl adjacent to an activating group) is 1. The number of H-pyrrole nitrogens is 1. The summed E-state index contributed by atoms with van der Waals surface area (Å²) in [4.78, 5) is 27.4. The Labute approximate surface area is 268 Å².